The minimum Gasteiger partial charge on any atom is -0.381 e. The van der Waals surface area contributed by atoms with Gasteiger partial charge in [-0.05, 0) is 17.7 Å². The molecule has 0 atom stereocenters. The molecular formula is C13H18FNO2. The third-order valence-corrected chi connectivity index (χ3v) is 3.21. The van der Waals surface area contributed by atoms with Gasteiger partial charge in [0.25, 0.3) is 0 Å². The Morgan fingerprint density at radius 2 is 2.12 bits per heavy atom. The van der Waals surface area contributed by atoms with Gasteiger partial charge in [-0.1, -0.05) is 12.1 Å². The lowest BCUT2D eigenvalue weighted by Gasteiger charge is -2.36. The van der Waals surface area contributed by atoms with Crippen molar-refractivity contribution in [2.75, 3.05) is 19.8 Å². The Bertz CT molecular complexity index is 364. The van der Waals surface area contributed by atoms with Crippen LogP contribution in [0.15, 0.2) is 24.3 Å². The summed E-state index contributed by atoms with van der Waals surface area (Å²) in [5, 5.41) is 0. The molecule has 1 heterocycles. The summed E-state index contributed by atoms with van der Waals surface area (Å²) in [6, 6.07) is 6.46. The fourth-order valence-corrected chi connectivity index (χ4v) is 2.01. The highest BCUT2D eigenvalue weighted by atomic mass is 19.1. The van der Waals surface area contributed by atoms with Crippen LogP contribution in [0.1, 0.15) is 18.4 Å². The maximum Gasteiger partial charge on any atom is 0.123 e. The van der Waals surface area contributed by atoms with E-state index in [1.165, 1.54) is 12.1 Å². The molecule has 0 radical (unpaired) electrons. The van der Waals surface area contributed by atoms with Crippen LogP contribution in [0, 0.1) is 5.82 Å². The molecule has 0 spiro atoms. The van der Waals surface area contributed by atoms with Gasteiger partial charge < -0.3 is 15.2 Å². The first-order valence-electron chi connectivity index (χ1n) is 5.90. The highest BCUT2D eigenvalue weighted by molar-refractivity contribution is 5.15. The molecule has 4 heteroatoms. The van der Waals surface area contributed by atoms with E-state index >= 15 is 0 Å². The third kappa shape index (κ3) is 3.25. The van der Waals surface area contributed by atoms with E-state index in [4.69, 9.17) is 15.2 Å². The second-order valence-electron chi connectivity index (χ2n) is 4.42. The molecular weight excluding hydrogens is 221 g/mol. The summed E-state index contributed by atoms with van der Waals surface area (Å²) >= 11 is 0. The van der Waals surface area contributed by atoms with Crippen LogP contribution in [0.25, 0.3) is 0 Å². The first kappa shape index (κ1) is 12.5. The van der Waals surface area contributed by atoms with E-state index in [-0.39, 0.29) is 11.4 Å². The van der Waals surface area contributed by atoms with Crippen molar-refractivity contribution in [1.82, 2.24) is 0 Å². The number of benzene rings is 1. The van der Waals surface area contributed by atoms with Crippen LogP contribution in [0.4, 0.5) is 4.39 Å². The molecule has 2 N–H and O–H groups in total. The van der Waals surface area contributed by atoms with Crippen molar-refractivity contribution in [3.8, 4) is 0 Å². The number of ether oxygens (including phenoxy) is 2. The number of hydrogen-bond acceptors (Lipinski definition) is 3. The van der Waals surface area contributed by atoms with Crippen LogP contribution in [0.5, 0.6) is 0 Å². The van der Waals surface area contributed by atoms with Crippen molar-refractivity contribution >= 4 is 0 Å². The molecule has 1 saturated heterocycles. The lowest BCUT2D eigenvalue weighted by molar-refractivity contribution is -0.112. The number of rotatable bonds is 4. The van der Waals surface area contributed by atoms with E-state index in [0.717, 1.165) is 18.4 Å². The first-order chi connectivity index (χ1) is 8.24. The molecule has 0 unspecified atom stereocenters. The molecule has 1 aromatic rings. The van der Waals surface area contributed by atoms with Gasteiger partial charge in [-0.25, -0.2) is 4.39 Å². The molecule has 17 heavy (non-hydrogen) atoms. The van der Waals surface area contributed by atoms with Crippen LogP contribution in [-0.4, -0.2) is 25.4 Å². The van der Waals surface area contributed by atoms with Crippen LogP contribution in [-0.2, 0) is 16.1 Å². The SMILES string of the molecule is NCC1(OCc2cccc(F)c2)CCOCC1. The fraction of sp³-hybridized carbons (Fsp3) is 0.538. The van der Waals surface area contributed by atoms with E-state index in [9.17, 15) is 4.39 Å². The van der Waals surface area contributed by atoms with Gasteiger partial charge in [-0.15, -0.1) is 0 Å². The standard InChI is InChI=1S/C13H18FNO2/c14-12-3-1-2-11(8-12)9-17-13(10-15)4-6-16-7-5-13/h1-3,8H,4-7,9-10,15H2. The summed E-state index contributed by atoms with van der Waals surface area (Å²) < 4.78 is 24.2. The quantitative estimate of drug-likeness (QED) is 0.872. The second-order valence-corrected chi connectivity index (χ2v) is 4.42. The van der Waals surface area contributed by atoms with Crippen LogP contribution in [0.3, 0.4) is 0 Å². The Balaban J connectivity index is 1.95. The molecule has 0 bridgehead atoms. The van der Waals surface area contributed by atoms with Gasteiger partial charge in [-0.3, -0.25) is 0 Å². The molecule has 2 rings (SSSR count). The van der Waals surface area contributed by atoms with Gasteiger partial charge in [0.15, 0.2) is 0 Å². The largest absolute Gasteiger partial charge is 0.381 e. The van der Waals surface area contributed by atoms with Crippen LogP contribution >= 0.6 is 0 Å². The van der Waals surface area contributed by atoms with Crippen molar-refractivity contribution in [3.05, 3.63) is 35.6 Å². The van der Waals surface area contributed by atoms with E-state index < -0.39 is 0 Å². The van der Waals surface area contributed by atoms with Gasteiger partial charge >= 0.3 is 0 Å². The van der Waals surface area contributed by atoms with Gasteiger partial charge in [0, 0.05) is 32.6 Å². The van der Waals surface area contributed by atoms with Crippen molar-refractivity contribution in [2.45, 2.75) is 25.0 Å². The summed E-state index contributed by atoms with van der Waals surface area (Å²) in [4.78, 5) is 0. The topological polar surface area (TPSA) is 44.5 Å². The average Bonchev–Trinajstić information content (AvgIpc) is 2.38. The zero-order valence-corrected chi connectivity index (χ0v) is 9.82. The molecule has 0 saturated carbocycles. The first-order valence-corrected chi connectivity index (χ1v) is 5.90. The molecule has 94 valence electrons. The molecule has 3 nitrogen and oxygen atoms in total. The summed E-state index contributed by atoms with van der Waals surface area (Å²) in [7, 11) is 0. The third-order valence-electron chi connectivity index (χ3n) is 3.21. The molecule has 0 aliphatic carbocycles. The van der Waals surface area contributed by atoms with E-state index in [2.05, 4.69) is 0 Å². The number of halogens is 1. The summed E-state index contributed by atoms with van der Waals surface area (Å²) in [5.74, 6) is -0.236. The smallest absolute Gasteiger partial charge is 0.123 e. The molecule has 1 fully saturated rings. The van der Waals surface area contributed by atoms with Crippen molar-refractivity contribution in [3.63, 3.8) is 0 Å². The lowest BCUT2D eigenvalue weighted by Crippen LogP contribution is -2.45. The highest BCUT2D eigenvalue weighted by Gasteiger charge is 2.32. The highest BCUT2D eigenvalue weighted by Crippen LogP contribution is 2.25. The predicted octanol–water partition coefficient (Wildman–Crippen LogP) is 1.85. The summed E-state index contributed by atoms with van der Waals surface area (Å²) in [6.07, 6.45) is 1.61. The molecule has 0 aromatic heterocycles. The zero-order chi connectivity index (χ0) is 12.1. The molecule has 1 aliphatic rings. The Kier molecular flexibility index (Phi) is 4.10. The van der Waals surface area contributed by atoms with Gasteiger partial charge in [0.05, 0.1) is 12.2 Å². The monoisotopic (exact) mass is 239 g/mol. The van der Waals surface area contributed by atoms with Crippen LogP contribution in [0.2, 0.25) is 0 Å². The maximum absolute atomic E-state index is 13.0. The Labute approximate surface area is 101 Å². The summed E-state index contributed by atoms with van der Waals surface area (Å²) in [5.41, 5.74) is 6.31. The molecule has 0 amide bonds. The predicted molar refractivity (Wildman–Crippen MR) is 63.0 cm³/mol. The Morgan fingerprint density at radius 3 is 2.76 bits per heavy atom. The van der Waals surface area contributed by atoms with Crippen LogP contribution < -0.4 is 5.73 Å². The van der Waals surface area contributed by atoms with E-state index in [1.54, 1.807) is 6.07 Å². The lowest BCUT2D eigenvalue weighted by atomic mass is 9.94. The number of hydrogen-bond donors (Lipinski definition) is 1. The van der Waals surface area contributed by atoms with Crippen molar-refractivity contribution < 1.29 is 13.9 Å². The molecule has 1 aromatic carbocycles. The average molecular weight is 239 g/mol. The minimum atomic E-state index is -0.301. The normalized spacial score (nSPS) is 19.2. The fourth-order valence-electron chi connectivity index (χ4n) is 2.01. The van der Waals surface area contributed by atoms with Gasteiger partial charge in [-0.2, -0.15) is 0 Å². The van der Waals surface area contributed by atoms with Gasteiger partial charge in [0.2, 0.25) is 0 Å². The van der Waals surface area contributed by atoms with Crippen molar-refractivity contribution in [2.24, 2.45) is 5.73 Å². The second kappa shape index (κ2) is 5.58. The Morgan fingerprint density at radius 1 is 1.35 bits per heavy atom. The van der Waals surface area contributed by atoms with E-state index in [1.807, 2.05) is 6.07 Å². The number of nitrogens with two attached hydrogens (primary N) is 1. The van der Waals surface area contributed by atoms with Gasteiger partial charge in [0.1, 0.15) is 5.82 Å². The van der Waals surface area contributed by atoms with Crippen molar-refractivity contribution in [1.29, 1.82) is 0 Å². The molecule has 1 aliphatic heterocycles. The Hall–Kier alpha value is -0.970. The minimum absolute atomic E-state index is 0.236. The summed E-state index contributed by atoms with van der Waals surface area (Å²) in [6.45, 7) is 2.24. The van der Waals surface area contributed by atoms with E-state index in [0.29, 0.717) is 26.4 Å². The zero-order valence-electron chi connectivity index (χ0n) is 9.82. The maximum atomic E-state index is 13.0.